The van der Waals surface area contributed by atoms with Crippen LogP contribution in [0.1, 0.15) is 50.2 Å². The highest BCUT2D eigenvalue weighted by atomic mass is 16.5. The van der Waals surface area contributed by atoms with E-state index in [0.717, 1.165) is 63.5 Å². The van der Waals surface area contributed by atoms with Crippen molar-refractivity contribution in [1.82, 2.24) is 24.6 Å². The normalized spacial score (nSPS) is 27.5. The molecule has 0 saturated carbocycles. The lowest BCUT2D eigenvalue weighted by Crippen LogP contribution is -2.44. The molecule has 1 aromatic heterocycles. The maximum Gasteiger partial charge on any atom is 0.240 e. The van der Waals surface area contributed by atoms with Crippen molar-refractivity contribution in [2.24, 2.45) is 0 Å². The molecule has 0 N–H and O–H groups in total. The van der Waals surface area contributed by atoms with Crippen LogP contribution in [0.4, 0.5) is 0 Å². The SMILES string of the molecule is CO[C@H]1C[C@@H](C(=O)N2CCCC2)N(Cc2nnc3n2CCCCC3)C1. The summed E-state index contributed by atoms with van der Waals surface area (Å²) in [6, 6.07) is -0.0817. The molecule has 1 amide bonds. The van der Waals surface area contributed by atoms with E-state index in [9.17, 15) is 4.79 Å². The molecule has 4 heterocycles. The molecule has 0 radical (unpaired) electrons. The summed E-state index contributed by atoms with van der Waals surface area (Å²) in [5, 5.41) is 8.86. The van der Waals surface area contributed by atoms with E-state index in [1.165, 1.54) is 19.3 Å². The van der Waals surface area contributed by atoms with Crippen molar-refractivity contribution in [2.75, 3.05) is 26.7 Å². The highest BCUT2D eigenvalue weighted by Gasteiger charge is 2.40. The first-order valence-electron chi connectivity index (χ1n) is 9.73. The van der Waals surface area contributed by atoms with Crippen molar-refractivity contribution in [2.45, 2.75) is 70.2 Å². The first-order valence-corrected chi connectivity index (χ1v) is 9.73. The van der Waals surface area contributed by atoms with Gasteiger partial charge < -0.3 is 14.2 Å². The van der Waals surface area contributed by atoms with Gasteiger partial charge in [-0.15, -0.1) is 10.2 Å². The summed E-state index contributed by atoms with van der Waals surface area (Å²) >= 11 is 0. The van der Waals surface area contributed by atoms with Crippen LogP contribution in [0.5, 0.6) is 0 Å². The zero-order chi connectivity index (χ0) is 17.2. The van der Waals surface area contributed by atoms with Crippen LogP contribution < -0.4 is 0 Å². The van der Waals surface area contributed by atoms with Crippen LogP contribution in [-0.4, -0.2) is 69.4 Å². The van der Waals surface area contributed by atoms with Crippen LogP contribution >= 0.6 is 0 Å². The van der Waals surface area contributed by atoms with Crippen LogP contribution in [0.3, 0.4) is 0 Å². The molecule has 2 atom stereocenters. The Kier molecular flexibility index (Phi) is 5.03. The summed E-state index contributed by atoms with van der Waals surface area (Å²) in [6.07, 6.45) is 7.83. The number of aromatic nitrogens is 3. The molecule has 2 fully saturated rings. The van der Waals surface area contributed by atoms with Gasteiger partial charge in [0.2, 0.25) is 5.91 Å². The molecule has 3 aliphatic rings. The van der Waals surface area contributed by atoms with E-state index >= 15 is 0 Å². The number of carbonyl (C=O) groups is 1. The van der Waals surface area contributed by atoms with Crippen molar-refractivity contribution in [3.8, 4) is 0 Å². The smallest absolute Gasteiger partial charge is 0.240 e. The van der Waals surface area contributed by atoms with Crippen molar-refractivity contribution in [1.29, 1.82) is 0 Å². The molecule has 138 valence electrons. The predicted molar refractivity (Wildman–Crippen MR) is 93.0 cm³/mol. The lowest BCUT2D eigenvalue weighted by Gasteiger charge is -2.27. The second-order valence-corrected chi connectivity index (χ2v) is 7.57. The number of rotatable bonds is 4. The van der Waals surface area contributed by atoms with Gasteiger partial charge >= 0.3 is 0 Å². The maximum atomic E-state index is 13.0. The van der Waals surface area contributed by atoms with Gasteiger partial charge in [0.15, 0.2) is 0 Å². The van der Waals surface area contributed by atoms with E-state index in [1.54, 1.807) is 7.11 Å². The lowest BCUT2D eigenvalue weighted by atomic mass is 10.1. The van der Waals surface area contributed by atoms with Crippen molar-refractivity contribution >= 4 is 5.91 Å². The summed E-state index contributed by atoms with van der Waals surface area (Å²) in [6.45, 7) is 4.30. The summed E-state index contributed by atoms with van der Waals surface area (Å²) in [5.74, 6) is 2.39. The molecule has 25 heavy (non-hydrogen) atoms. The molecule has 0 unspecified atom stereocenters. The Morgan fingerprint density at radius 2 is 1.92 bits per heavy atom. The van der Waals surface area contributed by atoms with Gasteiger partial charge in [0, 0.05) is 39.7 Å². The van der Waals surface area contributed by atoms with Gasteiger partial charge in [0.25, 0.3) is 0 Å². The third kappa shape index (κ3) is 3.44. The molecule has 0 bridgehead atoms. The molecule has 2 saturated heterocycles. The van der Waals surface area contributed by atoms with Gasteiger partial charge in [-0.25, -0.2) is 0 Å². The van der Waals surface area contributed by atoms with E-state index in [4.69, 9.17) is 4.74 Å². The summed E-state index contributed by atoms with van der Waals surface area (Å²) in [7, 11) is 1.74. The van der Waals surface area contributed by atoms with E-state index in [1.807, 2.05) is 4.90 Å². The van der Waals surface area contributed by atoms with E-state index in [2.05, 4.69) is 19.7 Å². The number of fused-ring (bicyclic) bond motifs is 1. The molecule has 0 aromatic carbocycles. The molecular weight excluding hydrogens is 318 g/mol. The Balaban J connectivity index is 1.51. The number of carbonyl (C=O) groups excluding carboxylic acids is 1. The van der Waals surface area contributed by atoms with E-state index in [0.29, 0.717) is 6.54 Å². The maximum absolute atomic E-state index is 13.0. The third-order valence-electron chi connectivity index (χ3n) is 5.93. The molecule has 7 nitrogen and oxygen atoms in total. The quantitative estimate of drug-likeness (QED) is 0.819. The monoisotopic (exact) mass is 347 g/mol. The fourth-order valence-electron chi connectivity index (χ4n) is 4.46. The number of methoxy groups -OCH3 is 1. The first-order chi connectivity index (χ1) is 12.3. The summed E-state index contributed by atoms with van der Waals surface area (Å²) in [5.41, 5.74) is 0. The average Bonchev–Trinajstić information content (AvgIpc) is 3.33. The van der Waals surface area contributed by atoms with Crippen molar-refractivity contribution < 1.29 is 9.53 Å². The average molecular weight is 347 g/mol. The van der Waals surface area contributed by atoms with Crippen LogP contribution in [-0.2, 0) is 29.0 Å². The zero-order valence-electron chi connectivity index (χ0n) is 15.2. The first kappa shape index (κ1) is 17.0. The predicted octanol–water partition coefficient (Wildman–Crippen LogP) is 1.22. The number of hydrogen-bond donors (Lipinski definition) is 0. The Labute approximate surface area is 149 Å². The minimum atomic E-state index is -0.0817. The zero-order valence-corrected chi connectivity index (χ0v) is 15.2. The van der Waals surface area contributed by atoms with Crippen LogP contribution in [0.2, 0.25) is 0 Å². The fourth-order valence-corrected chi connectivity index (χ4v) is 4.46. The molecular formula is C18H29N5O2. The molecule has 0 spiro atoms. The van der Waals surface area contributed by atoms with Crippen molar-refractivity contribution in [3.63, 3.8) is 0 Å². The van der Waals surface area contributed by atoms with Gasteiger partial charge in [0.1, 0.15) is 11.6 Å². The van der Waals surface area contributed by atoms with Gasteiger partial charge in [-0.1, -0.05) is 6.42 Å². The van der Waals surface area contributed by atoms with Crippen LogP contribution in [0, 0.1) is 0 Å². The Morgan fingerprint density at radius 1 is 1.12 bits per heavy atom. The van der Waals surface area contributed by atoms with Crippen LogP contribution in [0.25, 0.3) is 0 Å². The third-order valence-corrected chi connectivity index (χ3v) is 5.93. The Morgan fingerprint density at radius 3 is 2.72 bits per heavy atom. The number of aryl methyl sites for hydroxylation is 1. The minimum Gasteiger partial charge on any atom is -0.380 e. The lowest BCUT2D eigenvalue weighted by molar-refractivity contribution is -0.135. The molecule has 1 aromatic rings. The summed E-state index contributed by atoms with van der Waals surface area (Å²) in [4.78, 5) is 17.3. The van der Waals surface area contributed by atoms with Crippen LogP contribution in [0.15, 0.2) is 0 Å². The topological polar surface area (TPSA) is 63.5 Å². The fraction of sp³-hybridized carbons (Fsp3) is 0.833. The number of ether oxygens (including phenoxy) is 1. The molecule has 4 rings (SSSR count). The molecule has 0 aliphatic carbocycles. The number of likely N-dealkylation sites (tertiary alicyclic amines) is 2. The van der Waals surface area contributed by atoms with E-state index < -0.39 is 0 Å². The number of hydrogen-bond acceptors (Lipinski definition) is 5. The van der Waals surface area contributed by atoms with E-state index in [-0.39, 0.29) is 18.1 Å². The number of amides is 1. The Bertz CT molecular complexity index is 611. The summed E-state index contributed by atoms with van der Waals surface area (Å²) < 4.78 is 7.86. The highest BCUT2D eigenvalue weighted by molar-refractivity contribution is 5.82. The largest absolute Gasteiger partial charge is 0.380 e. The molecule has 3 aliphatic heterocycles. The second kappa shape index (κ2) is 7.41. The van der Waals surface area contributed by atoms with Gasteiger partial charge in [0.05, 0.1) is 18.7 Å². The minimum absolute atomic E-state index is 0.0817. The molecule has 7 heteroatoms. The highest BCUT2D eigenvalue weighted by Crippen LogP contribution is 2.26. The standard InChI is InChI=1S/C18H29N5O2/c1-25-14-11-15(18(24)21-8-5-6-9-21)22(12-14)13-17-20-19-16-7-3-2-4-10-23(16)17/h14-15H,2-13H2,1H3/t14-,15-/m0/s1. The van der Waals surface area contributed by atoms with Crippen molar-refractivity contribution in [3.05, 3.63) is 11.6 Å². The van der Waals surface area contributed by atoms with Gasteiger partial charge in [-0.3, -0.25) is 9.69 Å². The van der Waals surface area contributed by atoms with Gasteiger partial charge in [-0.2, -0.15) is 0 Å². The van der Waals surface area contributed by atoms with Gasteiger partial charge in [-0.05, 0) is 32.1 Å². The number of nitrogens with zero attached hydrogens (tertiary/aromatic N) is 5. The second-order valence-electron chi connectivity index (χ2n) is 7.57. The Hall–Kier alpha value is -1.47.